The maximum atomic E-state index is 12.7. The second kappa shape index (κ2) is 8.63. The summed E-state index contributed by atoms with van der Waals surface area (Å²) in [6, 6.07) is 5.97. The summed E-state index contributed by atoms with van der Waals surface area (Å²) in [4.78, 5) is 13.4. The first-order chi connectivity index (χ1) is 9.51. The summed E-state index contributed by atoms with van der Waals surface area (Å²) in [6.45, 7) is 1.13. The Bertz CT molecular complexity index is 411. The zero-order valence-electron chi connectivity index (χ0n) is 11.8. The third-order valence-corrected chi connectivity index (χ3v) is 2.70. The SMILES string of the molecule is COCC(O)CN(C)CC(=O)NCc1ccc(F)cc1. The van der Waals surface area contributed by atoms with Crippen molar-refractivity contribution < 1.29 is 19.0 Å². The van der Waals surface area contributed by atoms with Gasteiger partial charge in [0.2, 0.25) is 5.91 Å². The van der Waals surface area contributed by atoms with Crippen molar-refractivity contribution in [3.8, 4) is 0 Å². The molecule has 0 saturated heterocycles. The van der Waals surface area contributed by atoms with Gasteiger partial charge >= 0.3 is 0 Å². The molecule has 1 rings (SSSR count). The van der Waals surface area contributed by atoms with Gasteiger partial charge < -0.3 is 15.2 Å². The molecule has 112 valence electrons. The lowest BCUT2D eigenvalue weighted by atomic mass is 10.2. The molecule has 5 nitrogen and oxygen atoms in total. The van der Waals surface area contributed by atoms with Gasteiger partial charge in [-0.1, -0.05) is 12.1 Å². The summed E-state index contributed by atoms with van der Waals surface area (Å²) in [6.07, 6.45) is -0.616. The number of aliphatic hydroxyl groups is 1. The Hall–Kier alpha value is -1.50. The zero-order valence-corrected chi connectivity index (χ0v) is 11.8. The lowest BCUT2D eigenvalue weighted by Gasteiger charge is -2.19. The van der Waals surface area contributed by atoms with Crippen LogP contribution < -0.4 is 5.32 Å². The molecule has 0 aromatic heterocycles. The second-order valence-corrected chi connectivity index (χ2v) is 4.71. The maximum absolute atomic E-state index is 12.7. The highest BCUT2D eigenvalue weighted by molar-refractivity contribution is 5.77. The number of amides is 1. The summed E-state index contributed by atoms with van der Waals surface area (Å²) in [7, 11) is 3.26. The second-order valence-electron chi connectivity index (χ2n) is 4.71. The van der Waals surface area contributed by atoms with E-state index >= 15 is 0 Å². The van der Waals surface area contributed by atoms with Crippen molar-refractivity contribution in [3.05, 3.63) is 35.6 Å². The highest BCUT2D eigenvalue weighted by Gasteiger charge is 2.11. The first kappa shape index (κ1) is 16.6. The van der Waals surface area contributed by atoms with E-state index in [0.717, 1.165) is 5.56 Å². The molecule has 1 amide bonds. The minimum atomic E-state index is -0.616. The van der Waals surface area contributed by atoms with E-state index in [4.69, 9.17) is 4.74 Å². The highest BCUT2D eigenvalue weighted by Crippen LogP contribution is 2.02. The van der Waals surface area contributed by atoms with Gasteiger partial charge in [-0.2, -0.15) is 0 Å². The van der Waals surface area contributed by atoms with E-state index in [2.05, 4.69) is 5.32 Å². The molecule has 1 aromatic carbocycles. The summed E-state index contributed by atoms with van der Waals surface area (Å²) in [5, 5.41) is 12.3. The number of ether oxygens (including phenoxy) is 1. The Balaban J connectivity index is 2.27. The first-order valence-electron chi connectivity index (χ1n) is 6.38. The fraction of sp³-hybridized carbons (Fsp3) is 0.500. The minimum Gasteiger partial charge on any atom is -0.389 e. The molecule has 0 spiro atoms. The number of halogens is 1. The Morgan fingerprint density at radius 1 is 1.45 bits per heavy atom. The van der Waals surface area contributed by atoms with Crippen LogP contribution in [0.3, 0.4) is 0 Å². The fourth-order valence-corrected chi connectivity index (χ4v) is 1.77. The molecule has 0 aliphatic heterocycles. The van der Waals surface area contributed by atoms with Crippen LogP contribution in [0.2, 0.25) is 0 Å². The Morgan fingerprint density at radius 3 is 2.70 bits per heavy atom. The van der Waals surface area contributed by atoms with Crippen LogP contribution >= 0.6 is 0 Å². The molecular weight excluding hydrogens is 263 g/mol. The fourth-order valence-electron chi connectivity index (χ4n) is 1.77. The van der Waals surface area contributed by atoms with Crippen LogP contribution in [0.5, 0.6) is 0 Å². The van der Waals surface area contributed by atoms with E-state index < -0.39 is 6.10 Å². The number of carbonyl (C=O) groups excluding carboxylic acids is 1. The van der Waals surface area contributed by atoms with Gasteiger partial charge in [0.25, 0.3) is 0 Å². The van der Waals surface area contributed by atoms with Crippen molar-refractivity contribution in [1.29, 1.82) is 0 Å². The Kier molecular flexibility index (Phi) is 7.14. The molecule has 0 saturated carbocycles. The molecule has 0 fully saturated rings. The molecule has 6 heteroatoms. The van der Waals surface area contributed by atoms with Gasteiger partial charge in [-0.25, -0.2) is 4.39 Å². The van der Waals surface area contributed by atoms with Crippen molar-refractivity contribution in [2.24, 2.45) is 0 Å². The number of rotatable bonds is 8. The van der Waals surface area contributed by atoms with Crippen LogP contribution in [0.1, 0.15) is 5.56 Å². The minimum absolute atomic E-state index is 0.151. The average Bonchev–Trinajstić information content (AvgIpc) is 2.38. The number of aliphatic hydroxyl groups excluding tert-OH is 1. The van der Waals surface area contributed by atoms with Gasteiger partial charge in [0.15, 0.2) is 0 Å². The Morgan fingerprint density at radius 2 is 2.10 bits per heavy atom. The molecule has 20 heavy (non-hydrogen) atoms. The van der Waals surface area contributed by atoms with E-state index in [1.54, 1.807) is 24.1 Å². The van der Waals surface area contributed by atoms with Gasteiger partial charge in [-0.15, -0.1) is 0 Å². The van der Waals surface area contributed by atoms with Crippen LogP contribution in [0.15, 0.2) is 24.3 Å². The number of carbonyl (C=O) groups is 1. The maximum Gasteiger partial charge on any atom is 0.234 e. The topological polar surface area (TPSA) is 61.8 Å². The highest BCUT2D eigenvalue weighted by atomic mass is 19.1. The monoisotopic (exact) mass is 284 g/mol. The first-order valence-corrected chi connectivity index (χ1v) is 6.38. The number of benzene rings is 1. The van der Waals surface area contributed by atoms with E-state index in [1.807, 2.05) is 0 Å². The summed E-state index contributed by atoms with van der Waals surface area (Å²) in [5.41, 5.74) is 0.835. The smallest absolute Gasteiger partial charge is 0.234 e. The van der Waals surface area contributed by atoms with Crippen LogP contribution in [0.4, 0.5) is 4.39 Å². The molecule has 0 heterocycles. The van der Waals surface area contributed by atoms with Gasteiger partial charge in [0, 0.05) is 20.2 Å². The van der Waals surface area contributed by atoms with Gasteiger partial charge in [0.05, 0.1) is 19.3 Å². The van der Waals surface area contributed by atoms with Crippen molar-refractivity contribution in [3.63, 3.8) is 0 Å². The van der Waals surface area contributed by atoms with E-state index in [0.29, 0.717) is 13.1 Å². The standard InChI is InChI=1S/C14H21FN2O3/c1-17(8-13(18)10-20-2)9-14(19)16-7-11-3-5-12(15)6-4-11/h3-6,13,18H,7-10H2,1-2H3,(H,16,19). The number of hydrogen-bond donors (Lipinski definition) is 2. The molecule has 2 N–H and O–H groups in total. The van der Waals surface area contributed by atoms with E-state index in [-0.39, 0.29) is 24.9 Å². The summed E-state index contributed by atoms with van der Waals surface area (Å²) < 4.78 is 17.5. The van der Waals surface area contributed by atoms with Crippen molar-refractivity contribution in [2.75, 3.05) is 33.9 Å². The number of likely N-dealkylation sites (N-methyl/N-ethyl adjacent to an activating group) is 1. The van der Waals surface area contributed by atoms with Crippen LogP contribution in [-0.4, -0.2) is 55.9 Å². The average molecular weight is 284 g/mol. The Labute approximate surface area is 118 Å². The summed E-state index contributed by atoms with van der Waals surface area (Å²) in [5.74, 6) is -0.451. The normalized spacial score (nSPS) is 12.4. The number of methoxy groups -OCH3 is 1. The van der Waals surface area contributed by atoms with Crippen molar-refractivity contribution >= 4 is 5.91 Å². The zero-order chi connectivity index (χ0) is 15.0. The van der Waals surface area contributed by atoms with Crippen LogP contribution in [0.25, 0.3) is 0 Å². The molecule has 1 atom stereocenters. The van der Waals surface area contributed by atoms with Gasteiger partial charge in [-0.3, -0.25) is 9.69 Å². The van der Waals surface area contributed by atoms with E-state index in [9.17, 15) is 14.3 Å². The van der Waals surface area contributed by atoms with Crippen LogP contribution in [-0.2, 0) is 16.1 Å². The molecule has 0 radical (unpaired) electrons. The quantitative estimate of drug-likeness (QED) is 0.724. The van der Waals surface area contributed by atoms with Crippen molar-refractivity contribution in [2.45, 2.75) is 12.6 Å². The molecule has 0 aliphatic rings. The van der Waals surface area contributed by atoms with Crippen LogP contribution in [0, 0.1) is 5.82 Å². The van der Waals surface area contributed by atoms with E-state index in [1.165, 1.54) is 19.2 Å². The molecule has 1 aromatic rings. The third kappa shape index (κ3) is 6.60. The summed E-state index contributed by atoms with van der Waals surface area (Å²) >= 11 is 0. The van der Waals surface area contributed by atoms with Gasteiger partial charge in [0.1, 0.15) is 5.82 Å². The number of nitrogens with one attached hydrogen (secondary N) is 1. The number of nitrogens with zero attached hydrogens (tertiary/aromatic N) is 1. The third-order valence-electron chi connectivity index (χ3n) is 2.70. The van der Waals surface area contributed by atoms with Crippen molar-refractivity contribution in [1.82, 2.24) is 10.2 Å². The molecule has 1 unspecified atom stereocenters. The lowest BCUT2D eigenvalue weighted by molar-refractivity contribution is -0.122. The predicted octanol–water partition coefficient (Wildman–Crippen LogP) is 0.381. The largest absolute Gasteiger partial charge is 0.389 e. The van der Waals surface area contributed by atoms with Gasteiger partial charge in [-0.05, 0) is 24.7 Å². The molecular formula is C14H21FN2O3. The molecule has 0 aliphatic carbocycles. The molecule has 0 bridgehead atoms. The lowest BCUT2D eigenvalue weighted by Crippen LogP contribution is -2.39. The number of hydrogen-bond acceptors (Lipinski definition) is 4. The predicted molar refractivity (Wildman–Crippen MR) is 73.6 cm³/mol.